The van der Waals surface area contributed by atoms with Crippen LogP contribution >= 0.6 is 24.0 Å². The predicted octanol–water partition coefficient (Wildman–Crippen LogP) is 3.31. The van der Waals surface area contributed by atoms with E-state index in [-0.39, 0.29) is 24.0 Å². The number of hydrogen-bond acceptors (Lipinski definition) is 2. The zero-order valence-electron chi connectivity index (χ0n) is 14.2. The molecule has 0 bridgehead atoms. The van der Waals surface area contributed by atoms with Crippen LogP contribution in [0.4, 0.5) is 0 Å². The molecule has 126 valence electrons. The largest absolute Gasteiger partial charge is 0.385 e. The molecule has 0 heterocycles. The molecule has 4 nitrogen and oxygen atoms in total. The summed E-state index contributed by atoms with van der Waals surface area (Å²) in [6.07, 6.45) is 0.981. The standard InChI is InChI=1S/C17H29N3O.HI/c1-5-18-17(19-10-7-11-21-4)20-13-15(3)16-9-6-8-14(2)12-16;/h6,8-9,12,15H,5,7,10-11,13H2,1-4H3,(H2,18,19,20);1H. The summed E-state index contributed by atoms with van der Waals surface area (Å²) in [4.78, 5) is 4.67. The monoisotopic (exact) mass is 419 g/mol. The van der Waals surface area contributed by atoms with E-state index in [4.69, 9.17) is 4.74 Å². The third kappa shape index (κ3) is 8.58. The second-order valence-electron chi connectivity index (χ2n) is 5.31. The number of ether oxygens (including phenoxy) is 1. The van der Waals surface area contributed by atoms with Crippen molar-refractivity contribution in [1.29, 1.82) is 0 Å². The molecular formula is C17H30IN3O. The van der Waals surface area contributed by atoms with Crippen LogP contribution in [0.2, 0.25) is 0 Å². The molecule has 2 N–H and O–H groups in total. The zero-order chi connectivity index (χ0) is 15.5. The Balaban J connectivity index is 0.00000441. The Kier molecular flexibility index (Phi) is 12.2. The number of nitrogens with one attached hydrogen (secondary N) is 2. The van der Waals surface area contributed by atoms with Gasteiger partial charge in [-0.3, -0.25) is 4.99 Å². The molecule has 0 fully saturated rings. The Morgan fingerprint density at radius 2 is 2.09 bits per heavy atom. The first-order valence-electron chi connectivity index (χ1n) is 7.75. The van der Waals surface area contributed by atoms with Crippen LogP contribution in [0.3, 0.4) is 0 Å². The Labute approximate surface area is 152 Å². The van der Waals surface area contributed by atoms with Gasteiger partial charge in [0.15, 0.2) is 5.96 Å². The lowest BCUT2D eigenvalue weighted by Gasteiger charge is -2.14. The number of nitrogens with zero attached hydrogens (tertiary/aromatic N) is 1. The van der Waals surface area contributed by atoms with E-state index >= 15 is 0 Å². The summed E-state index contributed by atoms with van der Waals surface area (Å²) in [5.41, 5.74) is 2.64. The summed E-state index contributed by atoms with van der Waals surface area (Å²) in [5.74, 6) is 1.30. The second kappa shape index (κ2) is 12.7. The van der Waals surface area contributed by atoms with Crippen LogP contribution in [-0.2, 0) is 4.74 Å². The second-order valence-corrected chi connectivity index (χ2v) is 5.31. The maximum Gasteiger partial charge on any atom is 0.191 e. The van der Waals surface area contributed by atoms with Crippen LogP contribution < -0.4 is 10.6 Å². The van der Waals surface area contributed by atoms with E-state index in [1.165, 1.54) is 11.1 Å². The first-order valence-corrected chi connectivity index (χ1v) is 7.75. The summed E-state index contributed by atoms with van der Waals surface area (Å²) in [6, 6.07) is 8.64. The van der Waals surface area contributed by atoms with Crippen molar-refractivity contribution < 1.29 is 4.74 Å². The smallest absolute Gasteiger partial charge is 0.191 e. The van der Waals surface area contributed by atoms with Gasteiger partial charge in [0.25, 0.3) is 0 Å². The van der Waals surface area contributed by atoms with Crippen molar-refractivity contribution >= 4 is 29.9 Å². The first-order chi connectivity index (χ1) is 10.2. The molecule has 0 saturated carbocycles. The lowest BCUT2D eigenvalue weighted by molar-refractivity contribution is 0.195. The molecule has 0 radical (unpaired) electrons. The van der Waals surface area contributed by atoms with E-state index in [0.29, 0.717) is 5.92 Å². The fourth-order valence-corrected chi connectivity index (χ4v) is 2.08. The van der Waals surface area contributed by atoms with Crippen molar-refractivity contribution in [1.82, 2.24) is 10.6 Å². The number of hydrogen-bond donors (Lipinski definition) is 2. The summed E-state index contributed by atoms with van der Waals surface area (Å²) >= 11 is 0. The molecule has 1 atom stereocenters. The molecular weight excluding hydrogens is 389 g/mol. The number of halogens is 1. The minimum Gasteiger partial charge on any atom is -0.385 e. The van der Waals surface area contributed by atoms with E-state index in [2.05, 4.69) is 60.7 Å². The number of aliphatic imine (C=N–C) groups is 1. The van der Waals surface area contributed by atoms with E-state index in [9.17, 15) is 0 Å². The first kappa shape index (κ1) is 21.2. The van der Waals surface area contributed by atoms with Crippen LogP contribution in [0.25, 0.3) is 0 Å². The van der Waals surface area contributed by atoms with Gasteiger partial charge in [0.1, 0.15) is 0 Å². The molecule has 0 aliphatic carbocycles. The van der Waals surface area contributed by atoms with Gasteiger partial charge in [0.05, 0.1) is 0 Å². The van der Waals surface area contributed by atoms with E-state index < -0.39 is 0 Å². The number of methoxy groups -OCH3 is 1. The average molecular weight is 419 g/mol. The van der Waals surface area contributed by atoms with Crippen molar-refractivity contribution in [3.63, 3.8) is 0 Å². The number of guanidine groups is 1. The van der Waals surface area contributed by atoms with Gasteiger partial charge in [0, 0.05) is 39.3 Å². The lowest BCUT2D eigenvalue weighted by Crippen LogP contribution is -2.38. The molecule has 22 heavy (non-hydrogen) atoms. The lowest BCUT2D eigenvalue weighted by atomic mass is 10.00. The summed E-state index contributed by atoms with van der Waals surface area (Å²) in [6.45, 7) is 9.71. The van der Waals surface area contributed by atoms with Crippen molar-refractivity contribution in [3.05, 3.63) is 35.4 Å². The molecule has 0 aromatic heterocycles. The Morgan fingerprint density at radius 3 is 2.73 bits per heavy atom. The van der Waals surface area contributed by atoms with Crippen LogP contribution in [0.1, 0.15) is 37.3 Å². The molecule has 1 rings (SSSR count). The number of benzene rings is 1. The van der Waals surface area contributed by atoms with Gasteiger partial charge in [-0.05, 0) is 25.8 Å². The molecule has 0 aliphatic heterocycles. The van der Waals surface area contributed by atoms with Gasteiger partial charge in [-0.15, -0.1) is 24.0 Å². The van der Waals surface area contributed by atoms with E-state index in [0.717, 1.165) is 38.6 Å². The molecule has 1 aromatic rings. The number of aryl methyl sites for hydroxylation is 1. The third-order valence-corrected chi connectivity index (χ3v) is 3.30. The summed E-state index contributed by atoms with van der Waals surface area (Å²) in [5, 5.41) is 6.61. The van der Waals surface area contributed by atoms with Crippen molar-refractivity contribution in [3.8, 4) is 0 Å². The van der Waals surface area contributed by atoms with Gasteiger partial charge < -0.3 is 15.4 Å². The third-order valence-electron chi connectivity index (χ3n) is 3.30. The summed E-state index contributed by atoms with van der Waals surface area (Å²) in [7, 11) is 1.73. The quantitative estimate of drug-likeness (QED) is 0.294. The average Bonchev–Trinajstić information content (AvgIpc) is 2.48. The van der Waals surface area contributed by atoms with Gasteiger partial charge >= 0.3 is 0 Å². The van der Waals surface area contributed by atoms with E-state index in [1.54, 1.807) is 7.11 Å². The molecule has 0 amide bonds. The predicted molar refractivity (Wildman–Crippen MR) is 105 cm³/mol. The Morgan fingerprint density at radius 1 is 1.32 bits per heavy atom. The highest BCUT2D eigenvalue weighted by Crippen LogP contribution is 2.16. The molecule has 0 aliphatic rings. The fraction of sp³-hybridized carbons (Fsp3) is 0.588. The highest BCUT2D eigenvalue weighted by Gasteiger charge is 2.05. The maximum absolute atomic E-state index is 5.05. The van der Waals surface area contributed by atoms with Gasteiger partial charge in [0.2, 0.25) is 0 Å². The van der Waals surface area contributed by atoms with E-state index in [1.807, 2.05) is 0 Å². The number of rotatable bonds is 8. The highest BCUT2D eigenvalue weighted by molar-refractivity contribution is 14.0. The SMILES string of the molecule is CCNC(=NCC(C)c1cccc(C)c1)NCCCOC.I. The van der Waals surface area contributed by atoms with Crippen LogP contribution in [0.5, 0.6) is 0 Å². The minimum atomic E-state index is 0. The van der Waals surface area contributed by atoms with Crippen LogP contribution in [0.15, 0.2) is 29.3 Å². The van der Waals surface area contributed by atoms with Crippen molar-refractivity contribution in [2.24, 2.45) is 4.99 Å². The Hall–Kier alpha value is -0.820. The van der Waals surface area contributed by atoms with Crippen LogP contribution in [-0.4, -0.2) is 39.3 Å². The normalized spacial score (nSPS) is 12.5. The van der Waals surface area contributed by atoms with Gasteiger partial charge in [-0.2, -0.15) is 0 Å². The zero-order valence-corrected chi connectivity index (χ0v) is 16.5. The van der Waals surface area contributed by atoms with Crippen molar-refractivity contribution in [2.75, 3.05) is 33.4 Å². The molecule has 1 aromatic carbocycles. The minimum absolute atomic E-state index is 0. The summed E-state index contributed by atoms with van der Waals surface area (Å²) < 4.78 is 5.05. The molecule has 0 saturated heterocycles. The highest BCUT2D eigenvalue weighted by atomic mass is 127. The molecule has 1 unspecified atom stereocenters. The maximum atomic E-state index is 5.05. The Bertz CT molecular complexity index is 438. The topological polar surface area (TPSA) is 45.7 Å². The van der Waals surface area contributed by atoms with Crippen LogP contribution in [0, 0.1) is 6.92 Å². The molecule has 5 heteroatoms. The van der Waals surface area contributed by atoms with Gasteiger partial charge in [-0.25, -0.2) is 0 Å². The molecule has 0 spiro atoms. The fourth-order valence-electron chi connectivity index (χ4n) is 2.08. The van der Waals surface area contributed by atoms with Gasteiger partial charge in [-0.1, -0.05) is 36.8 Å². The van der Waals surface area contributed by atoms with Crippen molar-refractivity contribution in [2.45, 2.75) is 33.1 Å².